The molecule has 0 aliphatic carbocycles. The fraction of sp³-hybridized carbons (Fsp3) is 0.667. The van der Waals surface area contributed by atoms with Crippen LogP contribution in [0, 0.1) is 0 Å². The molecule has 6 nitrogen and oxygen atoms in total. The summed E-state index contributed by atoms with van der Waals surface area (Å²) in [5.41, 5.74) is 0.438. The van der Waals surface area contributed by atoms with Gasteiger partial charge < -0.3 is 14.8 Å². The van der Waals surface area contributed by atoms with Crippen molar-refractivity contribution in [1.29, 1.82) is 0 Å². The van der Waals surface area contributed by atoms with Crippen molar-refractivity contribution in [3.63, 3.8) is 0 Å². The first kappa shape index (κ1) is 14.5. The van der Waals surface area contributed by atoms with Crippen molar-refractivity contribution in [2.24, 2.45) is 0 Å². The first-order valence-corrected chi connectivity index (χ1v) is 6.55. The average Bonchev–Trinajstić information content (AvgIpc) is 3.02. The lowest BCUT2D eigenvalue weighted by atomic mass is 10.1. The van der Waals surface area contributed by atoms with E-state index >= 15 is 0 Å². The smallest absolute Gasteiger partial charge is 0.199 e. The summed E-state index contributed by atoms with van der Waals surface area (Å²) < 4.78 is 11.8. The van der Waals surface area contributed by atoms with E-state index in [1.165, 1.54) is 6.20 Å². The molecule has 1 aromatic heterocycles. The molecule has 7 heteroatoms. The topological polar surface area (TPSA) is 65.4 Å². The molecule has 0 spiro atoms. The van der Waals surface area contributed by atoms with E-state index in [0.717, 1.165) is 0 Å². The summed E-state index contributed by atoms with van der Waals surface area (Å²) in [4.78, 5) is 12.5. The number of aromatic nitrogens is 2. The minimum atomic E-state index is -0.263. The van der Waals surface area contributed by atoms with E-state index in [9.17, 15) is 4.79 Å². The van der Waals surface area contributed by atoms with Crippen LogP contribution < -0.4 is 5.32 Å². The first-order valence-electron chi connectivity index (χ1n) is 6.18. The fourth-order valence-electron chi connectivity index (χ4n) is 2.20. The maximum Gasteiger partial charge on any atom is 0.199 e. The van der Waals surface area contributed by atoms with E-state index in [1.54, 1.807) is 18.9 Å². The molecule has 1 aliphatic heterocycles. The molecule has 1 saturated heterocycles. The largest absolute Gasteiger partial charge is 0.383 e. The van der Waals surface area contributed by atoms with Gasteiger partial charge >= 0.3 is 0 Å². The fourth-order valence-corrected chi connectivity index (χ4v) is 2.44. The third-order valence-electron chi connectivity index (χ3n) is 3.28. The van der Waals surface area contributed by atoms with Gasteiger partial charge in [-0.2, -0.15) is 5.10 Å². The van der Waals surface area contributed by atoms with Gasteiger partial charge in [-0.05, 0) is 6.42 Å². The lowest BCUT2D eigenvalue weighted by molar-refractivity contribution is 0.0906. The van der Waals surface area contributed by atoms with Crippen molar-refractivity contribution in [1.82, 2.24) is 15.1 Å². The van der Waals surface area contributed by atoms with E-state index in [1.807, 2.05) is 0 Å². The zero-order valence-corrected chi connectivity index (χ0v) is 11.8. The van der Waals surface area contributed by atoms with Gasteiger partial charge in [0.1, 0.15) is 5.69 Å². The number of hydrogen-bond donors (Lipinski definition) is 1. The highest BCUT2D eigenvalue weighted by atomic mass is 35.5. The van der Waals surface area contributed by atoms with Crippen LogP contribution in [-0.2, 0) is 16.0 Å². The molecule has 0 amide bonds. The Kier molecular flexibility index (Phi) is 4.93. The second-order valence-electron chi connectivity index (χ2n) is 4.48. The van der Waals surface area contributed by atoms with Crippen LogP contribution in [0.25, 0.3) is 0 Å². The Bertz CT molecular complexity index is 449. The van der Waals surface area contributed by atoms with Gasteiger partial charge in [-0.15, -0.1) is 0 Å². The number of nitrogens with one attached hydrogen (secondary N) is 1. The number of rotatable bonds is 6. The number of nitrogens with zero attached hydrogens (tertiary/aromatic N) is 2. The van der Waals surface area contributed by atoms with Crippen molar-refractivity contribution >= 4 is 17.4 Å². The zero-order chi connectivity index (χ0) is 13.8. The quantitative estimate of drug-likeness (QED) is 0.782. The van der Waals surface area contributed by atoms with Crippen molar-refractivity contribution in [3.8, 4) is 0 Å². The summed E-state index contributed by atoms with van der Waals surface area (Å²) in [5.74, 6) is -0.0434. The van der Waals surface area contributed by atoms with E-state index in [2.05, 4.69) is 10.4 Å². The van der Waals surface area contributed by atoms with Gasteiger partial charge in [-0.25, -0.2) is 0 Å². The predicted octanol–water partition coefficient (Wildman–Crippen LogP) is 0.742. The highest BCUT2D eigenvalue weighted by Crippen LogP contribution is 2.21. The third-order valence-corrected chi connectivity index (χ3v) is 3.55. The van der Waals surface area contributed by atoms with E-state index in [4.69, 9.17) is 21.1 Å². The molecule has 2 rings (SSSR count). The van der Waals surface area contributed by atoms with Crippen LogP contribution in [0.1, 0.15) is 16.9 Å². The Labute approximate surface area is 117 Å². The summed E-state index contributed by atoms with van der Waals surface area (Å²) in [6, 6.07) is -0.263. The summed E-state index contributed by atoms with van der Waals surface area (Å²) in [5, 5.41) is 7.64. The Morgan fingerprint density at radius 3 is 3.05 bits per heavy atom. The molecule has 0 aromatic carbocycles. The summed E-state index contributed by atoms with van der Waals surface area (Å²) in [6.07, 6.45) is 2.22. The number of carbonyl (C=O) groups is 1. The number of hydrogen-bond acceptors (Lipinski definition) is 5. The molecular weight excluding hydrogens is 270 g/mol. The van der Waals surface area contributed by atoms with Crippen LogP contribution in [0.3, 0.4) is 0 Å². The molecule has 2 atom stereocenters. The number of ketones is 1. The highest BCUT2D eigenvalue weighted by molar-refractivity contribution is 6.33. The molecule has 0 radical (unpaired) electrons. The number of Topliss-reactive ketones (excluding diaryl/α,β-unsaturated/α-hetero) is 1. The Morgan fingerprint density at radius 2 is 2.42 bits per heavy atom. The zero-order valence-electron chi connectivity index (χ0n) is 11.1. The molecular formula is C12H18ClN3O3. The van der Waals surface area contributed by atoms with Crippen molar-refractivity contribution in [2.75, 3.05) is 27.4 Å². The highest BCUT2D eigenvalue weighted by Gasteiger charge is 2.32. The van der Waals surface area contributed by atoms with Gasteiger partial charge in [0.05, 0.1) is 36.5 Å². The molecule has 0 saturated carbocycles. The molecule has 1 aliphatic rings. The van der Waals surface area contributed by atoms with Crippen molar-refractivity contribution in [3.05, 3.63) is 16.9 Å². The van der Waals surface area contributed by atoms with Gasteiger partial charge in [0.25, 0.3) is 0 Å². The Hall–Kier alpha value is -0.950. The standard InChI is InChI=1S/C12H18ClN3O3/c1-18-4-3-16-11(9(13)7-15-16)12(17)10-5-8(19-2)6-14-10/h7-8,10,14H,3-6H2,1-2H3. The van der Waals surface area contributed by atoms with Gasteiger partial charge in [-0.1, -0.05) is 11.6 Å². The van der Waals surface area contributed by atoms with E-state index in [-0.39, 0.29) is 17.9 Å². The third kappa shape index (κ3) is 3.14. The molecule has 1 N–H and O–H groups in total. The first-order chi connectivity index (χ1) is 9.17. The monoisotopic (exact) mass is 287 g/mol. The van der Waals surface area contributed by atoms with Gasteiger partial charge in [-0.3, -0.25) is 9.48 Å². The minimum Gasteiger partial charge on any atom is -0.383 e. The molecule has 106 valence electrons. The molecule has 1 fully saturated rings. The number of halogens is 1. The summed E-state index contributed by atoms with van der Waals surface area (Å²) in [6.45, 7) is 1.67. The molecule has 19 heavy (non-hydrogen) atoms. The molecule has 1 aromatic rings. The lowest BCUT2D eigenvalue weighted by Gasteiger charge is -2.11. The second kappa shape index (κ2) is 6.47. The maximum absolute atomic E-state index is 12.5. The molecule has 0 bridgehead atoms. The lowest BCUT2D eigenvalue weighted by Crippen LogP contribution is -2.32. The van der Waals surface area contributed by atoms with Crippen LogP contribution in [0.4, 0.5) is 0 Å². The molecule has 2 unspecified atom stereocenters. The van der Waals surface area contributed by atoms with Gasteiger partial charge in [0.2, 0.25) is 0 Å². The van der Waals surface area contributed by atoms with E-state index < -0.39 is 0 Å². The van der Waals surface area contributed by atoms with Crippen LogP contribution in [0.5, 0.6) is 0 Å². The Morgan fingerprint density at radius 1 is 1.63 bits per heavy atom. The van der Waals surface area contributed by atoms with E-state index in [0.29, 0.717) is 36.8 Å². The van der Waals surface area contributed by atoms with Gasteiger partial charge in [0.15, 0.2) is 5.78 Å². The average molecular weight is 288 g/mol. The Balaban J connectivity index is 2.12. The number of methoxy groups -OCH3 is 2. The van der Waals surface area contributed by atoms with Crippen LogP contribution in [-0.4, -0.2) is 55.1 Å². The number of carbonyl (C=O) groups excluding carboxylic acids is 1. The minimum absolute atomic E-state index is 0.0434. The second-order valence-corrected chi connectivity index (χ2v) is 4.88. The van der Waals surface area contributed by atoms with Crippen LogP contribution in [0.2, 0.25) is 5.02 Å². The van der Waals surface area contributed by atoms with Crippen LogP contribution in [0.15, 0.2) is 6.20 Å². The van der Waals surface area contributed by atoms with Gasteiger partial charge in [0, 0.05) is 20.8 Å². The van der Waals surface area contributed by atoms with Crippen molar-refractivity contribution < 1.29 is 14.3 Å². The number of ether oxygens (including phenoxy) is 2. The summed E-state index contributed by atoms with van der Waals surface area (Å²) >= 11 is 6.06. The van der Waals surface area contributed by atoms with Crippen molar-refractivity contribution in [2.45, 2.75) is 25.1 Å². The maximum atomic E-state index is 12.5. The normalized spacial score (nSPS) is 22.9. The summed E-state index contributed by atoms with van der Waals surface area (Å²) in [7, 11) is 3.25. The van der Waals surface area contributed by atoms with Crippen LogP contribution >= 0.6 is 11.6 Å². The predicted molar refractivity (Wildman–Crippen MR) is 70.6 cm³/mol. The molecule has 2 heterocycles. The SMILES string of the molecule is COCCn1ncc(Cl)c1C(=O)C1CC(OC)CN1.